The van der Waals surface area contributed by atoms with E-state index in [1.54, 1.807) is 5.01 Å². The van der Waals surface area contributed by atoms with Crippen LogP contribution < -0.4 is 4.90 Å². The third-order valence-electron chi connectivity index (χ3n) is 5.05. The van der Waals surface area contributed by atoms with Crippen LogP contribution in [0.4, 0.5) is 5.69 Å². The molecule has 2 aromatic carbocycles. The van der Waals surface area contributed by atoms with Crippen molar-refractivity contribution < 1.29 is 9.59 Å². The number of amides is 2. The summed E-state index contributed by atoms with van der Waals surface area (Å²) >= 11 is 0. The topological polar surface area (TPSA) is 65.3 Å². The molecule has 2 aliphatic rings. The van der Waals surface area contributed by atoms with Gasteiger partial charge in [0, 0.05) is 0 Å². The Labute approximate surface area is 152 Å². The van der Waals surface area contributed by atoms with E-state index in [9.17, 15) is 9.59 Å². The molecule has 2 aliphatic heterocycles. The molecule has 132 valence electrons. The fraction of sp³-hybridized carbons (Fsp3) is 0.300. The van der Waals surface area contributed by atoms with Crippen LogP contribution in [0.25, 0.3) is 0 Å². The molecule has 0 radical (unpaired) electrons. The van der Waals surface area contributed by atoms with Gasteiger partial charge in [0.2, 0.25) is 0 Å². The summed E-state index contributed by atoms with van der Waals surface area (Å²) < 4.78 is 0. The zero-order valence-corrected chi connectivity index (χ0v) is 14.8. The van der Waals surface area contributed by atoms with Crippen molar-refractivity contribution in [3.8, 4) is 0 Å². The summed E-state index contributed by atoms with van der Waals surface area (Å²) in [5.74, 6) is -0.567. The van der Waals surface area contributed by atoms with E-state index in [1.165, 1.54) is 4.90 Å². The minimum absolute atomic E-state index is 0.261. The van der Waals surface area contributed by atoms with E-state index in [-0.39, 0.29) is 11.8 Å². The smallest absolute Gasteiger partial charge is 0.263 e. The quantitative estimate of drug-likeness (QED) is 0.798. The Morgan fingerprint density at radius 1 is 1.00 bits per heavy atom. The van der Waals surface area contributed by atoms with Gasteiger partial charge >= 0.3 is 0 Å². The van der Waals surface area contributed by atoms with Crippen LogP contribution >= 0.6 is 0 Å². The Morgan fingerprint density at radius 2 is 1.73 bits per heavy atom. The van der Waals surface area contributed by atoms with Gasteiger partial charge in [0.25, 0.3) is 11.8 Å². The van der Waals surface area contributed by atoms with Crippen molar-refractivity contribution in [2.75, 3.05) is 4.90 Å². The van der Waals surface area contributed by atoms with E-state index in [2.05, 4.69) is 17.3 Å². The second-order valence-corrected chi connectivity index (χ2v) is 6.65. The van der Waals surface area contributed by atoms with Crippen molar-refractivity contribution in [3.05, 3.63) is 65.2 Å². The maximum Gasteiger partial charge on any atom is 0.263 e. The van der Waals surface area contributed by atoms with Gasteiger partial charge in [0.05, 0.1) is 12.2 Å². The van der Waals surface area contributed by atoms with E-state index in [1.807, 2.05) is 55.5 Å². The summed E-state index contributed by atoms with van der Waals surface area (Å²) in [5.41, 5.74) is 3.94. The second kappa shape index (κ2) is 6.37. The summed E-state index contributed by atoms with van der Waals surface area (Å²) in [6.07, 6.45) is 0.909. The van der Waals surface area contributed by atoms with Gasteiger partial charge in [-0.25, -0.2) is 4.90 Å². The molecular formula is C20H20N4O2. The first-order valence-electron chi connectivity index (χ1n) is 8.79. The Morgan fingerprint density at radius 3 is 2.42 bits per heavy atom. The van der Waals surface area contributed by atoms with Crippen LogP contribution in [0.15, 0.2) is 58.9 Å². The Kier molecular flexibility index (Phi) is 4.03. The molecule has 1 fully saturated rings. The summed E-state index contributed by atoms with van der Waals surface area (Å²) in [4.78, 5) is 27.0. The highest BCUT2D eigenvalue weighted by Gasteiger charge is 2.54. The first kappa shape index (κ1) is 16.4. The first-order chi connectivity index (χ1) is 12.6. The Hall–Kier alpha value is -3.02. The lowest BCUT2D eigenvalue weighted by Gasteiger charge is -2.21. The third kappa shape index (κ3) is 2.58. The minimum atomic E-state index is -0.752. The van der Waals surface area contributed by atoms with Crippen molar-refractivity contribution in [2.24, 2.45) is 10.3 Å². The van der Waals surface area contributed by atoms with Crippen molar-refractivity contribution in [2.45, 2.75) is 38.9 Å². The molecule has 6 heteroatoms. The van der Waals surface area contributed by atoms with Crippen LogP contribution in [0, 0.1) is 6.92 Å². The lowest BCUT2D eigenvalue weighted by atomic mass is 10.1. The van der Waals surface area contributed by atoms with Crippen LogP contribution in [0.2, 0.25) is 0 Å². The summed E-state index contributed by atoms with van der Waals surface area (Å²) in [6.45, 7) is 4.54. The largest absolute Gasteiger partial charge is 0.271 e. The number of nitrogens with zero attached hydrogens (tertiary/aromatic N) is 4. The molecule has 0 bridgehead atoms. The normalized spacial score (nSPS) is 21.6. The van der Waals surface area contributed by atoms with Gasteiger partial charge in [-0.05, 0) is 42.2 Å². The maximum absolute atomic E-state index is 13.0. The molecule has 0 saturated carbocycles. The fourth-order valence-corrected chi connectivity index (χ4v) is 3.45. The standard InChI is InChI=1S/C20H20N4O2/c1-3-14-8-10-16(11-9-14)24-19(25)17-18(20(24)26)23(22-21-17)12-15-7-5-4-6-13(15)2/h4-11,17-18H,3,12H2,1-2H3/t17-,18+/m0/s1. The van der Waals surface area contributed by atoms with Crippen LogP contribution in [0.3, 0.4) is 0 Å². The van der Waals surface area contributed by atoms with Gasteiger partial charge in [-0.2, -0.15) is 5.11 Å². The van der Waals surface area contributed by atoms with E-state index in [4.69, 9.17) is 0 Å². The number of carbonyl (C=O) groups is 2. The molecule has 2 aromatic rings. The fourth-order valence-electron chi connectivity index (χ4n) is 3.45. The molecule has 0 spiro atoms. The number of benzene rings is 2. The molecule has 0 unspecified atom stereocenters. The van der Waals surface area contributed by atoms with E-state index < -0.39 is 12.1 Å². The number of imide groups is 1. The highest BCUT2D eigenvalue weighted by molar-refractivity contribution is 6.25. The molecule has 2 atom stereocenters. The molecular weight excluding hydrogens is 328 g/mol. The molecule has 2 heterocycles. The number of carbonyl (C=O) groups excluding carboxylic acids is 2. The van der Waals surface area contributed by atoms with Crippen molar-refractivity contribution in [3.63, 3.8) is 0 Å². The number of hydrogen-bond acceptors (Lipinski definition) is 5. The molecule has 4 rings (SSSR count). The van der Waals surface area contributed by atoms with Crippen LogP contribution in [0.1, 0.15) is 23.6 Å². The van der Waals surface area contributed by atoms with Gasteiger partial charge in [0.1, 0.15) is 0 Å². The van der Waals surface area contributed by atoms with Gasteiger partial charge in [0.15, 0.2) is 12.1 Å². The predicted octanol–water partition coefficient (Wildman–Crippen LogP) is 3.05. The molecule has 26 heavy (non-hydrogen) atoms. The maximum atomic E-state index is 13.0. The van der Waals surface area contributed by atoms with Crippen LogP contribution in [0.5, 0.6) is 0 Å². The van der Waals surface area contributed by atoms with Crippen molar-refractivity contribution in [1.29, 1.82) is 0 Å². The molecule has 1 saturated heterocycles. The molecule has 2 amide bonds. The highest BCUT2D eigenvalue weighted by atomic mass is 16.2. The second-order valence-electron chi connectivity index (χ2n) is 6.65. The Bertz CT molecular complexity index is 891. The van der Waals surface area contributed by atoms with Gasteiger partial charge in [-0.3, -0.25) is 14.6 Å². The predicted molar refractivity (Wildman–Crippen MR) is 97.5 cm³/mol. The average Bonchev–Trinajstić information content (AvgIpc) is 3.17. The van der Waals surface area contributed by atoms with Crippen LogP contribution in [-0.2, 0) is 22.6 Å². The van der Waals surface area contributed by atoms with Gasteiger partial charge in [-0.1, -0.05) is 48.5 Å². The SMILES string of the molecule is CCc1ccc(N2C(=O)[C@H]3N=NN(Cc4ccccc4C)[C@H]3C2=O)cc1. The summed E-state index contributed by atoms with van der Waals surface area (Å²) in [5, 5.41) is 9.82. The lowest BCUT2D eigenvalue weighted by Crippen LogP contribution is -2.39. The lowest BCUT2D eigenvalue weighted by molar-refractivity contribution is -0.123. The minimum Gasteiger partial charge on any atom is -0.271 e. The number of hydrogen-bond donors (Lipinski definition) is 0. The number of anilines is 1. The van der Waals surface area contributed by atoms with E-state index >= 15 is 0 Å². The van der Waals surface area contributed by atoms with Crippen LogP contribution in [-0.4, -0.2) is 28.9 Å². The van der Waals surface area contributed by atoms with E-state index in [0.717, 1.165) is 23.1 Å². The molecule has 0 aromatic heterocycles. The van der Waals surface area contributed by atoms with Crippen molar-refractivity contribution >= 4 is 17.5 Å². The van der Waals surface area contributed by atoms with Gasteiger partial charge < -0.3 is 0 Å². The number of fused-ring (bicyclic) bond motifs is 1. The molecule has 0 N–H and O–H groups in total. The number of rotatable bonds is 4. The first-order valence-corrected chi connectivity index (χ1v) is 8.79. The monoisotopic (exact) mass is 348 g/mol. The summed E-state index contributed by atoms with van der Waals surface area (Å²) in [6, 6.07) is 14.1. The summed E-state index contributed by atoms with van der Waals surface area (Å²) in [7, 11) is 0. The number of aryl methyl sites for hydroxylation is 2. The zero-order chi connectivity index (χ0) is 18.3. The Balaban J connectivity index is 1.60. The third-order valence-corrected chi connectivity index (χ3v) is 5.05. The highest BCUT2D eigenvalue weighted by Crippen LogP contribution is 2.33. The molecule has 6 nitrogen and oxygen atoms in total. The van der Waals surface area contributed by atoms with Gasteiger partial charge in [-0.15, -0.1) is 0 Å². The molecule has 0 aliphatic carbocycles. The van der Waals surface area contributed by atoms with Crippen molar-refractivity contribution in [1.82, 2.24) is 5.01 Å². The van der Waals surface area contributed by atoms with E-state index in [0.29, 0.717) is 12.2 Å². The zero-order valence-electron chi connectivity index (χ0n) is 14.8. The average molecular weight is 348 g/mol.